The molecule has 0 saturated carbocycles. The van der Waals surface area contributed by atoms with Crippen molar-refractivity contribution in [1.29, 1.82) is 5.26 Å². The molecule has 16 heavy (non-hydrogen) atoms. The molecule has 0 spiro atoms. The van der Waals surface area contributed by atoms with Gasteiger partial charge in [0.25, 0.3) is 0 Å². The van der Waals surface area contributed by atoms with Gasteiger partial charge in [-0.15, -0.1) is 0 Å². The van der Waals surface area contributed by atoms with Crippen LogP contribution in [0.3, 0.4) is 0 Å². The Morgan fingerprint density at radius 3 is 2.44 bits per heavy atom. The molecule has 0 radical (unpaired) electrons. The van der Waals surface area contributed by atoms with Gasteiger partial charge in [-0.2, -0.15) is 5.26 Å². The van der Waals surface area contributed by atoms with Crippen LogP contribution in [-0.4, -0.2) is 6.54 Å². The molecule has 1 rings (SSSR count). The SMILES string of the molecule is N#CCCCCNc1cc(Cl)c(Cl)cc1Cl. The lowest BCUT2D eigenvalue weighted by Crippen LogP contribution is -2.01. The van der Waals surface area contributed by atoms with Gasteiger partial charge >= 0.3 is 0 Å². The standard InChI is InChI=1S/C11H11Cl3N2/c12-8-6-10(14)11(7-9(8)13)16-5-3-1-2-4-15/h6-7,16H,1-3,5H2. The van der Waals surface area contributed by atoms with Crippen LogP contribution < -0.4 is 5.32 Å². The molecule has 0 saturated heterocycles. The highest BCUT2D eigenvalue weighted by atomic mass is 35.5. The summed E-state index contributed by atoms with van der Waals surface area (Å²) in [6.45, 7) is 0.763. The molecule has 2 nitrogen and oxygen atoms in total. The van der Waals surface area contributed by atoms with E-state index in [0.29, 0.717) is 21.5 Å². The number of anilines is 1. The maximum absolute atomic E-state index is 8.37. The Morgan fingerprint density at radius 1 is 1.06 bits per heavy atom. The fraction of sp³-hybridized carbons (Fsp3) is 0.364. The molecule has 0 bridgehead atoms. The number of nitriles is 1. The summed E-state index contributed by atoms with van der Waals surface area (Å²) in [5.41, 5.74) is 0.771. The van der Waals surface area contributed by atoms with E-state index >= 15 is 0 Å². The lowest BCUT2D eigenvalue weighted by Gasteiger charge is -2.09. The number of nitrogens with one attached hydrogen (secondary N) is 1. The Kier molecular flexibility index (Phi) is 5.76. The van der Waals surface area contributed by atoms with Gasteiger partial charge in [-0.3, -0.25) is 0 Å². The quantitative estimate of drug-likeness (QED) is 0.622. The highest BCUT2D eigenvalue weighted by Gasteiger charge is 2.04. The molecule has 0 aliphatic heterocycles. The van der Waals surface area contributed by atoms with Gasteiger partial charge in [0.2, 0.25) is 0 Å². The largest absolute Gasteiger partial charge is 0.384 e. The highest BCUT2D eigenvalue weighted by molar-refractivity contribution is 6.44. The molecular formula is C11H11Cl3N2. The molecule has 0 aliphatic carbocycles. The van der Waals surface area contributed by atoms with Gasteiger partial charge in [0.15, 0.2) is 0 Å². The Bertz CT molecular complexity index is 399. The van der Waals surface area contributed by atoms with Crippen LogP contribution in [0.5, 0.6) is 0 Å². The zero-order valence-corrected chi connectivity index (χ0v) is 10.8. The smallest absolute Gasteiger partial charge is 0.0653 e. The summed E-state index contributed by atoms with van der Waals surface area (Å²) < 4.78 is 0. The number of nitrogens with zero attached hydrogens (tertiary/aromatic N) is 1. The van der Waals surface area contributed by atoms with E-state index in [1.807, 2.05) is 0 Å². The first-order chi connectivity index (χ1) is 7.65. The average Bonchev–Trinajstić information content (AvgIpc) is 2.25. The zero-order valence-electron chi connectivity index (χ0n) is 8.56. The molecule has 1 N–H and O–H groups in total. The third-order valence-corrected chi connectivity index (χ3v) is 3.08. The van der Waals surface area contributed by atoms with Crippen LogP contribution in [0.15, 0.2) is 12.1 Å². The van der Waals surface area contributed by atoms with Gasteiger partial charge in [-0.05, 0) is 25.0 Å². The summed E-state index contributed by atoms with van der Waals surface area (Å²) in [7, 11) is 0. The number of unbranched alkanes of at least 4 members (excludes halogenated alkanes) is 2. The second kappa shape index (κ2) is 6.85. The van der Waals surface area contributed by atoms with Crippen molar-refractivity contribution in [2.24, 2.45) is 0 Å². The molecule has 5 heteroatoms. The summed E-state index contributed by atoms with van der Waals surface area (Å²) >= 11 is 17.7. The Labute approximate surface area is 110 Å². The van der Waals surface area contributed by atoms with Crippen molar-refractivity contribution in [1.82, 2.24) is 0 Å². The Hall–Kier alpha value is -0.620. The molecule has 0 fully saturated rings. The van der Waals surface area contributed by atoms with Gasteiger partial charge in [0.05, 0.1) is 26.8 Å². The molecule has 0 atom stereocenters. The minimum absolute atomic E-state index is 0.446. The van der Waals surface area contributed by atoms with Crippen molar-refractivity contribution in [2.45, 2.75) is 19.3 Å². The molecular weight excluding hydrogens is 266 g/mol. The van der Waals surface area contributed by atoms with Gasteiger partial charge in [-0.25, -0.2) is 0 Å². The fourth-order valence-corrected chi connectivity index (χ4v) is 1.82. The van der Waals surface area contributed by atoms with E-state index in [1.165, 1.54) is 0 Å². The topological polar surface area (TPSA) is 35.8 Å². The third-order valence-electron chi connectivity index (χ3n) is 2.04. The van der Waals surface area contributed by atoms with Crippen molar-refractivity contribution >= 4 is 40.5 Å². The first-order valence-electron chi connectivity index (χ1n) is 4.90. The van der Waals surface area contributed by atoms with Crippen molar-refractivity contribution in [3.63, 3.8) is 0 Å². The van der Waals surface area contributed by atoms with Crippen LogP contribution in [0, 0.1) is 11.3 Å². The van der Waals surface area contributed by atoms with Crippen LogP contribution in [-0.2, 0) is 0 Å². The number of rotatable bonds is 5. The monoisotopic (exact) mass is 276 g/mol. The van der Waals surface area contributed by atoms with Gasteiger partial charge < -0.3 is 5.32 Å². The second-order valence-corrected chi connectivity index (χ2v) is 4.51. The fourth-order valence-electron chi connectivity index (χ4n) is 1.21. The van der Waals surface area contributed by atoms with E-state index in [-0.39, 0.29) is 0 Å². The van der Waals surface area contributed by atoms with Crippen LogP contribution >= 0.6 is 34.8 Å². The van der Waals surface area contributed by atoms with E-state index in [9.17, 15) is 0 Å². The van der Waals surface area contributed by atoms with Gasteiger partial charge in [0, 0.05) is 13.0 Å². The molecule has 0 unspecified atom stereocenters. The van der Waals surface area contributed by atoms with E-state index in [0.717, 1.165) is 25.1 Å². The Balaban J connectivity index is 2.48. The van der Waals surface area contributed by atoms with Crippen LogP contribution in [0.2, 0.25) is 15.1 Å². The van der Waals surface area contributed by atoms with Crippen molar-refractivity contribution in [2.75, 3.05) is 11.9 Å². The zero-order chi connectivity index (χ0) is 12.0. The minimum Gasteiger partial charge on any atom is -0.384 e. The normalized spacial score (nSPS) is 9.88. The molecule has 1 aromatic carbocycles. The first kappa shape index (κ1) is 13.4. The molecule has 0 heterocycles. The summed E-state index contributed by atoms with van der Waals surface area (Å²) in [6.07, 6.45) is 2.38. The average molecular weight is 278 g/mol. The summed E-state index contributed by atoms with van der Waals surface area (Å²) in [4.78, 5) is 0. The molecule has 0 aromatic heterocycles. The van der Waals surface area contributed by atoms with Crippen molar-refractivity contribution < 1.29 is 0 Å². The van der Waals surface area contributed by atoms with Crippen molar-refractivity contribution in [3.8, 4) is 6.07 Å². The van der Waals surface area contributed by atoms with Gasteiger partial charge in [-0.1, -0.05) is 34.8 Å². The highest BCUT2D eigenvalue weighted by Crippen LogP contribution is 2.32. The number of hydrogen-bond donors (Lipinski definition) is 1. The van der Waals surface area contributed by atoms with Crippen molar-refractivity contribution in [3.05, 3.63) is 27.2 Å². The van der Waals surface area contributed by atoms with E-state index in [2.05, 4.69) is 11.4 Å². The summed E-state index contributed by atoms with van der Waals surface area (Å²) in [5.74, 6) is 0. The van der Waals surface area contributed by atoms with Crippen LogP contribution in [0.4, 0.5) is 5.69 Å². The maximum atomic E-state index is 8.37. The predicted octanol–water partition coefficient (Wildman–Crippen LogP) is 4.75. The maximum Gasteiger partial charge on any atom is 0.0653 e. The molecule has 1 aromatic rings. The molecule has 86 valence electrons. The van der Waals surface area contributed by atoms with Crippen LogP contribution in [0.1, 0.15) is 19.3 Å². The number of hydrogen-bond acceptors (Lipinski definition) is 2. The van der Waals surface area contributed by atoms with Gasteiger partial charge in [0.1, 0.15) is 0 Å². The third kappa shape index (κ3) is 4.09. The van der Waals surface area contributed by atoms with E-state index < -0.39 is 0 Å². The summed E-state index contributed by atoms with van der Waals surface area (Å²) in [5, 5.41) is 13.0. The van der Waals surface area contributed by atoms with E-state index in [4.69, 9.17) is 40.1 Å². The lowest BCUT2D eigenvalue weighted by atomic mass is 10.2. The second-order valence-electron chi connectivity index (χ2n) is 3.29. The minimum atomic E-state index is 0.446. The number of benzene rings is 1. The predicted molar refractivity (Wildman–Crippen MR) is 69.4 cm³/mol. The Morgan fingerprint density at radius 2 is 1.75 bits per heavy atom. The van der Waals surface area contributed by atoms with E-state index in [1.54, 1.807) is 12.1 Å². The number of halogens is 3. The molecule has 0 aliphatic rings. The first-order valence-corrected chi connectivity index (χ1v) is 6.04. The molecule has 0 amide bonds. The lowest BCUT2D eigenvalue weighted by molar-refractivity contribution is 0.785. The van der Waals surface area contributed by atoms with Crippen LogP contribution in [0.25, 0.3) is 0 Å². The summed E-state index contributed by atoms with van der Waals surface area (Å²) in [6, 6.07) is 5.42.